The van der Waals surface area contributed by atoms with Gasteiger partial charge in [-0.05, 0) is 51.4 Å². The Hall–Kier alpha value is -0.860. The topological polar surface area (TPSA) is 15.3 Å². The van der Waals surface area contributed by atoms with Crippen LogP contribution in [0.15, 0.2) is 30.3 Å². The van der Waals surface area contributed by atoms with Crippen LogP contribution in [0, 0.1) is 0 Å². The second-order valence-electron chi connectivity index (χ2n) is 5.67. The zero-order chi connectivity index (χ0) is 13.5. The van der Waals surface area contributed by atoms with Crippen LogP contribution in [0.4, 0.5) is 0 Å². The maximum atomic E-state index is 3.50. The number of likely N-dealkylation sites (tertiary alicyclic amines) is 1. The highest BCUT2D eigenvalue weighted by atomic mass is 15.2. The van der Waals surface area contributed by atoms with E-state index in [0.29, 0.717) is 6.04 Å². The molecule has 2 rings (SSSR count). The number of piperidine rings is 1. The molecule has 1 aliphatic heterocycles. The molecule has 106 valence electrons. The highest BCUT2D eigenvalue weighted by Crippen LogP contribution is 2.26. The molecule has 19 heavy (non-hydrogen) atoms. The molecule has 0 aliphatic carbocycles. The number of hydrogen-bond donors (Lipinski definition) is 1. The molecule has 1 heterocycles. The summed E-state index contributed by atoms with van der Waals surface area (Å²) in [7, 11) is 2.09. The summed E-state index contributed by atoms with van der Waals surface area (Å²) in [5, 5.41) is 3.50. The van der Waals surface area contributed by atoms with Crippen LogP contribution in [-0.4, -0.2) is 31.1 Å². The Morgan fingerprint density at radius 2 is 2.05 bits per heavy atom. The lowest BCUT2D eigenvalue weighted by Crippen LogP contribution is -2.42. The van der Waals surface area contributed by atoms with Gasteiger partial charge in [0, 0.05) is 12.1 Å². The molecule has 1 aliphatic rings. The Bertz CT molecular complexity index is 348. The minimum Gasteiger partial charge on any atom is -0.313 e. The maximum Gasteiger partial charge on any atom is 0.0332 e. The van der Waals surface area contributed by atoms with Crippen LogP contribution in [0.5, 0.6) is 0 Å². The molecule has 0 spiro atoms. The van der Waals surface area contributed by atoms with Crippen molar-refractivity contribution in [2.24, 2.45) is 0 Å². The molecule has 0 bridgehead atoms. The Morgan fingerprint density at radius 3 is 2.74 bits per heavy atom. The van der Waals surface area contributed by atoms with Gasteiger partial charge in [-0.2, -0.15) is 0 Å². The average Bonchev–Trinajstić information content (AvgIpc) is 2.47. The Morgan fingerprint density at radius 1 is 1.26 bits per heavy atom. The van der Waals surface area contributed by atoms with Crippen LogP contribution >= 0.6 is 0 Å². The van der Waals surface area contributed by atoms with Crippen molar-refractivity contribution in [2.45, 2.75) is 51.1 Å². The summed E-state index contributed by atoms with van der Waals surface area (Å²) >= 11 is 0. The van der Waals surface area contributed by atoms with Gasteiger partial charge < -0.3 is 10.2 Å². The van der Waals surface area contributed by atoms with Gasteiger partial charge in [0.1, 0.15) is 0 Å². The molecule has 1 aromatic carbocycles. The second kappa shape index (κ2) is 7.66. The van der Waals surface area contributed by atoms with Crippen molar-refractivity contribution in [3.63, 3.8) is 0 Å². The van der Waals surface area contributed by atoms with Crippen molar-refractivity contribution in [3.8, 4) is 0 Å². The van der Waals surface area contributed by atoms with Gasteiger partial charge in [0.2, 0.25) is 0 Å². The van der Waals surface area contributed by atoms with Gasteiger partial charge in [0.25, 0.3) is 0 Å². The molecule has 1 fully saturated rings. The zero-order valence-electron chi connectivity index (χ0n) is 12.4. The molecule has 1 aromatic rings. The first kappa shape index (κ1) is 14.5. The van der Waals surface area contributed by atoms with E-state index in [2.05, 4.69) is 54.5 Å². The molecule has 1 N–H and O–H groups in total. The fourth-order valence-electron chi connectivity index (χ4n) is 3.29. The van der Waals surface area contributed by atoms with Gasteiger partial charge in [-0.25, -0.2) is 0 Å². The Balaban J connectivity index is 2.00. The highest BCUT2D eigenvalue weighted by molar-refractivity contribution is 5.19. The van der Waals surface area contributed by atoms with Crippen molar-refractivity contribution < 1.29 is 0 Å². The molecule has 2 atom stereocenters. The van der Waals surface area contributed by atoms with Crippen molar-refractivity contribution >= 4 is 0 Å². The van der Waals surface area contributed by atoms with E-state index in [9.17, 15) is 0 Å². The average molecular weight is 260 g/mol. The highest BCUT2D eigenvalue weighted by Gasteiger charge is 2.24. The van der Waals surface area contributed by atoms with E-state index in [1.54, 1.807) is 0 Å². The van der Waals surface area contributed by atoms with Crippen LogP contribution in [0.2, 0.25) is 0 Å². The molecule has 0 saturated carbocycles. The van der Waals surface area contributed by atoms with E-state index in [-0.39, 0.29) is 0 Å². The lowest BCUT2D eigenvalue weighted by Gasteiger charge is -2.37. The third-order valence-electron chi connectivity index (χ3n) is 4.32. The summed E-state index contributed by atoms with van der Waals surface area (Å²) in [5.41, 5.74) is 1.42. The van der Waals surface area contributed by atoms with Gasteiger partial charge in [-0.3, -0.25) is 0 Å². The second-order valence-corrected chi connectivity index (χ2v) is 5.67. The third-order valence-corrected chi connectivity index (χ3v) is 4.32. The summed E-state index contributed by atoms with van der Waals surface area (Å²) in [6.45, 7) is 4.85. The molecule has 0 aromatic heterocycles. The van der Waals surface area contributed by atoms with Crippen LogP contribution in [0.1, 0.15) is 50.6 Å². The van der Waals surface area contributed by atoms with Crippen LogP contribution in [0.25, 0.3) is 0 Å². The van der Waals surface area contributed by atoms with Crippen LogP contribution < -0.4 is 5.32 Å². The number of nitrogens with one attached hydrogen (secondary N) is 1. The molecule has 2 unspecified atom stereocenters. The Kier molecular flexibility index (Phi) is 5.87. The van der Waals surface area contributed by atoms with Gasteiger partial charge in [-0.15, -0.1) is 0 Å². The quantitative estimate of drug-likeness (QED) is 0.840. The number of nitrogens with zero attached hydrogens (tertiary/aromatic N) is 1. The lowest BCUT2D eigenvalue weighted by atomic mass is 9.92. The summed E-state index contributed by atoms with van der Waals surface area (Å²) in [6, 6.07) is 12.1. The standard InChI is InChI=1S/C17H28N2/c1-3-12-19-13-8-7-11-16(19)14-17(18-2)15-9-5-4-6-10-15/h4-6,9-10,16-18H,3,7-8,11-14H2,1-2H3. The monoisotopic (exact) mass is 260 g/mol. The first-order chi connectivity index (χ1) is 9.35. The van der Waals surface area contributed by atoms with E-state index in [0.717, 1.165) is 6.04 Å². The normalized spacial score (nSPS) is 22.3. The van der Waals surface area contributed by atoms with Crippen LogP contribution in [0.3, 0.4) is 0 Å². The predicted octanol–water partition coefficient (Wildman–Crippen LogP) is 3.60. The number of hydrogen-bond acceptors (Lipinski definition) is 2. The summed E-state index contributed by atoms with van der Waals surface area (Å²) in [5.74, 6) is 0. The fourth-order valence-corrected chi connectivity index (χ4v) is 3.29. The predicted molar refractivity (Wildman–Crippen MR) is 82.4 cm³/mol. The Labute approximate surface area is 118 Å². The first-order valence-corrected chi connectivity index (χ1v) is 7.81. The van der Waals surface area contributed by atoms with Gasteiger partial charge in [-0.1, -0.05) is 43.7 Å². The molecule has 2 nitrogen and oxygen atoms in total. The van der Waals surface area contributed by atoms with Crippen molar-refractivity contribution in [1.82, 2.24) is 10.2 Å². The molecule has 2 heteroatoms. The van der Waals surface area contributed by atoms with Gasteiger partial charge in [0.05, 0.1) is 0 Å². The van der Waals surface area contributed by atoms with E-state index in [1.165, 1.54) is 50.8 Å². The lowest BCUT2D eigenvalue weighted by molar-refractivity contribution is 0.131. The number of rotatable bonds is 6. The van der Waals surface area contributed by atoms with E-state index >= 15 is 0 Å². The molecular weight excluding hydrogens is 232 g/mol. The van der Waals surface area contributed by atoms with Gasteiger partial charge >= 0.3 is 0 Å². The summed E-state index contributed by atoms with van der Waals surface area (Å²) in [6.07, 6.45) is 6.65. The fraction of sp³-hybridized carbons (Fsp3) is 0.647. The van der Waals surface area contributed by atoms with Gasteiger partial charge in [0.15, 0.2) is 0 Å². The van der Waals surface area contributed by atoms with E-state index in [4.69, 9.17) is 0 Å². The molecule has 1 saturated heterocycles. The first-order valence-electron chi connectivity index (χ1n) is 7.81. The molecule has 0 radical (unpaired) electrons. The molecule has 0 amide bonds. The third kappa shape index (κ3) is 4.05. The zero-order valence-corrected chi connectivity index (χ0v) is 12.4. The minimum absolute atomic E-state index is 0.489. The van der Waals surface area contributed by atoms with Crippen molar-refractivity contribution in [3.05, 3.63) is 35.9 Å². The smallest absolute Gasteiger partial charge is 0.0332 e. The number of benzene rings is 1. The van der Waals surface area contributed by atoms with E-state index < -0.39 is 0 Å². The van der Waals surface area contributed by atoms with Crippen molar-refractivity contribution in [1.29, 1.82) is 0 Å². The van der Waals surface area contributed by atoms with E-state index in [1.807, 2.05) is 0 Å². The van der Waals surface area contributed by atoms with Crippen LogP contribution in [-0.2, 0) is 0 Å². The van der Waals surface area contributed by atoms with Crippen molar-refractivity contribution in [2.75, 3.05) is 20.1 Å². The summed E-state index contributed by atoms with van der Waals surface area (Å²) < 4.78 is 0. The SMILES string of the molecule is CCCN1CCCCC1CC(NC)c1ccccc1. The molecular formula is C17H28N2. The minimum atomic E-state index is 0.489. The maximum absolute atomic E-state index is 3.50. The largest absolute Gasteiger partial charge is 0.313 e. The summed E-state index contributed by atoms with van der Waals surface area (Å²) in [4.78, 5) is 2.71.